The van der Waals surface area contributed by atoms with E-state index in [2.05, 4.69) is 60.1 Å². The second kappa shape index (κ2) is 10.6. The summed E-state index contributed by atoms with van der Waals surface area (Å²) in [6, 6.07) is 10.5. The maximum atomic E-state index is 6.15. The lowest BCUT2D eigenvalue weighted by atomic mass is 10.0. The maximum absolute atomic E-state index is 6.15. The predicted octanol–water partition coefficient (Wildman–Crippen LogP) is 6.66. The van der Waals surface area contributed by atoms with E-state index in [4.69, 9.17) is 9.47 Å². The van der Waals surface area contributed by atoms with E-state index < -0.39 is 0 Å². The monoisotopic (exact) mass is 392 g/mol. The van der Waals surface area contributed by atoms with E-state index in [1.807, 2.05) is 0 Å². The largest absolute Gasteiger partial charge is 0.493 e. The van der Waals surface area contributed by atoms with E-state index in [0.29, 0.717) is 0 Å². The van der Waals surface area contributed by atoms with Gasteiger partial charge in [-0.05, 0) is 31.4 Å². The van der Waals surface area contributed by atoms with Crippen LogP contribution < -0.4 is 9.47 Å². The van der Waals surface area contributed by atoms with Crippen LogP contribution in [0.25, 0.3) is 10.8 Å². The summed E-state index contributed by atoms with van der Waals surface area (Å²) in [7, 11) is 0. The SMILES string of the molecule is CCCCCCCOc1c(C)cc(OCCCBr)c2ccccc12. The normalized spacial score (nSPS) is 11.0. The Balaban J connectivity index is 2.09. The van der Waals surface area contributed by atoms with Gasteiger partial charge >= 0.3 is 0 Å². The van der Waals surface area contributed by atoms with Crippen molar-refractivity contribution in [1.29, 1.82) is 0 Å². The van der Waals surface area contributed by atoms with Crippen molar-refractivity contribution >= 4 is 26.7 Å². The summed E-state index contributed by atoms with van der Waals surface area (Å²) < 4.78 is 12.1. The van der Waals surface area contributed by atoms with E-state index in [9.17, 15) is 0 Å². The summed E-state index contributed by atoms with van der Waals surface area (Å²) in [5, 5.41) is 3.25. The van der Waals surface area contributed by atoms with Gasteiger partial charge in [-0.2, -0.15) is 0 Å². The van der Waals surface area contributed by atoms with Crippen LogP contribution in [0.15, 0.2) is 30.3 Å². The zero-order valence-electron chi connectivity index (χ0n) is 14.9. The minimum Gasteiger partial charge on any atom is -0.493 e. The molecule has 0 N–H and O–H groups in total. The molecule has 0 amide bonds. The number of unbranched alkanes of at least 4 members (excludes halogenated alkanes) is 4. The number of alkyl halides is 1. The van der Waals surface area contributed by atoms with Crippen molar-refractivity contribution in [3.8, 4) is 11.5 Å². The smallest absolute Gasteiger partial charge is 0.130 e. The van der Waals surface area contributed by atoms with E-state index in [1.165, 1.54) is 25.7 Å². The van der Waals surface area contributed by atoms with Gasteiger partial charge in [0.2, 0.25) is 0 Å². The molecule has 0 saturated carbocycles. The van der Waals surface area contributed by atoms with Gasteiger partial charge in [-0.1, -0.05) is 72.8 Å². The summed E-state index contributed by atoms with van der Waals surface area (Å²) in [5.41, 5.74) is 1.15. The van der Waals surface area contributed by atoms with Crippen LogP contribution in [-0.2, 0) is 0 Å². The highest BCUT2D eigenvalue weighted by Crippen LogP contribution is 2.36. The molecular weight excluding hydrogens is 364 g/mol. The first-order valence-electron chi connectivity index (χ1n) is 9.11. The fourth-order valence-electron chi connectivity index (χ4n) is 2.88. The molecule has 0 radical (unpaired) electrons. The topological polar surface area (TPSA) is 18.5 Å². The van der Waals surface area contributed by atoms with Crippen LogP contribution in [0, 0.1) is 6.92 Å². The Morgan fingerprint density at radius 1 is 0.875 bits per heavy atom. The quantitative estimate of drug-likeness (QED) is 0.314. The average molecular weight is 393 g/mol. The summed E-state index contributed by atoms with van der Waals surface area (Å²) in [6.45, 7) is 5.87. The molecule has 132 valence electrons. The van der Waals surface area contributed by atoms with Crippen LogP contribution in [0.3, 0.4) is 0 Å². The van der Waals surface area contributed by atoms with Gasteiger partial charge in [-0.15, -0.1) is 0 Å². The third-order valence-corrected chi connectivity index (χ3v) is 4.73. The number of rotatable bonds is 11. The summed E-state index contributed by atoms with van der Waals surface area (Å²) in [5.74, 6) is 1.97. The van der Waals surface area contributed by atoms with E-state index >= 15 is 0 Å². The highest BCUT2D eigenvalue weighted by molar-refractivity contribution is 9.09. The van der Waals surface area contributed by atoms with Crippen LogP contribution in [0.4, 0.5) is 0 Å². The van der Waals surface area contributed by atoms with Crippen molar-refractivity contribution in [2.45, 2.75) is 52.4 Å². The van der Waals surface area contributed by atoms with Crippen LogP contribution >= 0.6 is 15.9 Å². The van der Waals surface area contributed by atoms with Crippen LogP contribution in [0.5, 0.6) is 11.5 Å². The molecule has 0 aliphatic heterocycles. The Hall–Kier alpha value is -1.22. The molecule has 0 heterocycles. The molecule has 0 aromatic heterocycles. The Kier molecular flexibility index (Phi) is 8.44. The third kappa shape index (κ3) is 5.41. The molecule has 0 unspecified atom stereocenters. The molecule has 2 aromatic rings. The Morgan fingerprint density at radius 3 is 2.33 bits per heavy atom. The number of aryl methyl sites for hydroxylation is 1. The average Bonchev–Trinajstić information content (AvgIpc) is 2.60. The Morgan fingerprint density at radius 2 is 1.58 bits per heavy atom. The summed E-state index contributed by atoms with van der Waals surface area (Å²) >= 11 is 3.45. The number of hydrogen-bond donors (Lipinski definition) is 0. The standard InChI is InChI=1S/C21H29BrO2/c1-3-4-5-6-9-14-24-21-17(2)16-20(23-15-10-13-22)18-11-7-8-12-19(18)21/h7-8,11-12,16H,3-6,9-10,13-15H2,1-2H3. The Labute approximate surface area is 154 Å². The van der Waals surface area contributed by atoms with Crippen molar-refractivity contribution in [2.24, 2.45) is 0 Å². The number of fused-ring (bicyclic) bond motifs is 1. The predicted molar refractivity (Wildman–Crippen MR) is 107 cm³/mol. The second-order valence-electron chi connectivity index (χ2n) is 6.22. The highest BCUT2D eigenvalue weighted by Gasteiger charge is 2.11. The van der Waals surface area contributed by atoms with E-state index in [1.54, 1.807) is 0 Å². The molecule has 2 aromatic carbocycles. The minimum absolute atomic E-state index is 0.728. The molecule has 0 saturated heterocycles. The summed E-state index contributed by atoms with van der Waals surface area (Å²) in [4.78, 5) is 0. The first-order valence-corrected chi connectivity index (χ1v) is 10.2. The zero-order chi connectivity index (χ0) is 17.2. The maximum Gasteiger partial charge on any atom is 0.130 e. The van der Waals surface area contributed by atoms with E-state index in [-0.39, 0.29) is 0 Å². The van der Waals surface area contributed by atoms with Crippen molar-refractivity contribution in [2.75, 3.05) is 18.5 Å². The lowest BCUT2D eigenvalue weighted by molar-refractivity contribution is 0.303. The number of halogens is 1. The minimum atomic E-state index is 0.728. The van der Waals surface area contributed by atoms with Gasteiger partial charge in [-0.25, -0.2) is 0 Å². The lowest BCUT2D eigenvalue weighted by Gasteiger charge is -2.16. The molecule has 0 fully saturated rings. The molecule has 0 spiro atoms. The molecule has 3 heteroatoms. The first-order chi connectivity index (χ1) is 11.8. The van der Waals surface area contributed by atoms with Crippen molar-refractivity contribution in [3.63, 3.8) is 0 Å². The highest BCUT2D eigenvalue weighted by atomic mass is 79.9. The fraction of sp³-hybridized carbons (Fsp3) is 0.524. The van der Waals surface area contributed by atoms with E-state index in [0.717, 1.165) is 59.2 Å². The van der Waals surface area contributed by atoms with Gasteiger partial charge in [-0.3, -0.25) is 0 Å². The van der Waals surface area contributed by atoms with Crippen molar-refractivity contribution in [1.82, 2.24) is 0 Å². The first kappa shape index (κ1) is 19.1. The van der Waals surface area contributed by atoms with Crippen LogP contribution in [0.1, 0.15) is 51.0 Å². The second-order valence-corrected chi connectivity index (χ2v) is 7.01. The van der Waals surface area contributed by atoms with Crippen LogP contribution in [0.2, 0.25) is 0 Å². The number of benzene rings is 2. The molecule has 24 heavy (non-hydrogen) atoms. The van der Waals surface area contributed by atoms with Gasteiger partial charge < -0.3 is 9.47 Å². The number of hydrogen-bond acceptors (Lipinski definition) is 2. The van der Waals surface area contributed by atoms with Crippen LogP contribution in [-0.4, -0.2) is 18.5 Å². The molecule has 0 bridgehead atoms. The fourth-order valence-corrected chi connectivity index (χ4v) is 3.10. The van der Waals surface area contributed by atoms with Gasteiger partial charge in [0.15, 0.2) is 0 Å². The van der Waals surface area contributed by atoms with Crippen molar-refractivity contribution in [3.05, 3.63) is 35.9 Å². The van der Waals surface area contributed by atoms with Crippen molar-refractivity contribution < 1.29 is 9.47 Å². The van der Waals surface area contributed by atoms with Gasteiger partial charge in [0.1, 0.15) is 11.5 Å². The zero-order valence-corrected chi connectivity index (χ0v) is 16.5. The summed E-state index contributed by atoms with van der Waals surface area (Å²) in [6.07, 6.45) is 7.28. The molecular formula is C21H29BrO2. The molecule has 0 aliphatic carbocycles. The Bertz CT molecular complexity index is 625. The van der Waals surface area contributed by atoms with Gasteiger partial charge in [0.25, 0.3) is 0 Å². The van der Waals surface area contributed by atoms with Gasteiger partial charge in [0.05, 0.1) is 13.2 Å². The third-order valence-electron chi connectivity index (χ3n) is 4.17. The molecule has 2 nitrogen and oxygen atoms in total. The number of ether oxygens (including phenoxy) is 2. The molecule has 0 atom stereocenters. The van der Waals surface area contributed by atoms with Gasteiger partial charge in [0, 0.05) is 16.1 Å². The molecule has 2 rings (SSSR count). The molecule has 0 aliphatic rings. The lowest BCUT2D eigenvalue weighted by Crippen LogP contribution is -2.02.